The van der Waals surface area contributed by atoms with Crippen molar-refractivity contribution in [3.8, 4) is 5.75 Å². The summed E-state index contributed by atoms with van der Waals surface area (Å²) in [5.74, 6) is -0.489. The lowest BCUT2D eigenvalue weighted by atomic mass is 10.2. The third kappa shape index (κ3) is 6.19. The van der Waals surface area contributed by atoms with Crippen LogP contribution in [0.15, 0.2) is 84.9 Å². The highest BCUT2D eigenvalue weighted by Gasteiger charge is 2.16. The van der Waals surface area contributed by atoms with Crippen molar-refractivity contribution in [3.63, 3.8) is 0 Å². The van der Waals surface area contributed by atoms with E-state index >= 15 is 0 Å². The Hall–Kier alpha value is -2.72. The molecule has 0 aliphatic heterocycles. The van der Waals surface area contributed by atoms with Gasteiger partial charge in [0.2, 0.25) is 0 Å². The van der Waals surface area contributed by atoms with Crippen LogP contribution >= 0.6 is 8.60 Å². The van der Waals surface area contributed by atoms with E-state index in [-0.39, 0.29) is 5.56 Å². The first-order chi connectivity index (χ1) is 13.2. The van der Waals surface area contributed by atoms with E-state index in [1.165, 1.54) is 12.1 Å². The van der Waals surface area contributed by atoms with Gasteiger partial charge in [0, 0.05) is 0 Å². The van der Waals surface area contributed by atoms with Crippen LogP contribution in [0.4, 0.5) is 0 Å². The molecule has 0 amide bonds. The molecule has 0 saturated heterocycles. The lowest BCUT2D eigenvalue weighted by molar-refractivity contribution is 0.0697. The van der Waals surface area contributed by atoms with E-state index in [2.05, 4.69) is 0 Å². The fourth-order valence-electron chi connectivity index (χ4n) is 2.24. The highest BCUT2D eigenvalue weighted by molar-refractivity contribution is 7.42. The van der Waals surface area contributed by atoms with Crippen LogP contribution in [0.3, 0.4) is 0 Å². The minimum absolute atomic E-state index is 0.196. The van der Waals surface area contributed by atoms with E-state index in [0.29, 0.717) is 19.0 Å². The number of aromatic carboxylic acids is 1. The Bertz CT molecular complexity index is 794. The normalized spacial score (nSPS) is 10.7. The van der Waals surface area contributed by atoms with Gasteiger partial charge >= 0.3 is 14.6 Å². The van der Waals surface area contributed by atoms with E-state index in [0.717, 1.165) is 11.1 Å². The van der Waals surface area contributed by atoms with Crippen molar-refractivity contribution < 1.29 is 23.5 Å². The monoisotopic (exact) mass is 382 g/mol. The molecule has 0 fully saturated rings. The molecule has 5 nitrogen and oxygen atoms in total. The van der Waals surface area contributed by atoms with Gasteiger partial charge in [0.05, 0.1) is 18.8 Å². The number of hydrogen-bond acceptors (Lipinski definition) is 4. The number of carboxylic acid groups (broad SMARTS) is 1. The van der Waals surface area contributed by atoms with Crippen molar-refractivity contribution in [2.75, 3.05) is 0 Å². The van der Waals surface area contributed by atoms with Gasteiger partial charge in [-0.1, -0.05) is 60.7 Å². The summed E-state index contributed by atoms with van der Waals surface area (Å²) in [6.45, 7) is 0.711. The summed E-state index contributed by atoms with van der Waals surface area (Å²) in [7, 11) is -1.66. The molecule has 1 N–H and O–H groups in total. The first kappa shape index (κ1) is 19.1. The zero-order chi connectivity index (χ0) is 18.9. The molecule has 0 radical (unpaired) electrons. The van der Waals surface area contributed by atoms with Crippen LogP contribution in [0.5, 0.6) is 5.75 Å². The summed E-state index contributed by atoms with van der Waals surface area (Å²) >= 11 is 0. The highest BCUT2D eigenvalue weighted by atomic mass is 31.2. The maximum Gasteiger partial charge on any atom is 0.397 e. The van der Waals surface area contributed by atoms with Crippen molar-refractivity contribution in [3.05, 3.63) is 102 Å². The fourth-order valence-corrected chi connectivity index (χ4v) is 3.22. The molecular weight excluding hydrogens is 363 g/mol. The first-order valence-corrected chi connectivity index (χ1v) is 9.45. The van der Waals surface area contributed by atoms with Crippen LogP contribution in [-0.2, 0) is 22.3 Å². The van der Waals surface area contributed by atoms with E-state index in [9.17, 15) is 4.79 Å². The van der Waals surface area contributed by atoms with Gasteiger partial charge in [-0.2, -0.15) is 0 Å². The predicted molar refractivity (Wildman–Crippen MR) is 103 cm³/mol. The second kappa shape index (κ2) is 9.83. The molecule has 0 spiro atoms. The second-order valence-electron chi connectivity index (χ2n) is 5.66. The molecule has 6 heteroatoms. The molecular formula is C21H19O5P. The SMILES string of the molecule is O=C(O)c1ccc(OP(OCc2ccccc2)OCc2ccccc2)cc1. The number of benzene rings is 3. The van der Waals surface area contributed by atoms with Gasteiger partial charge in [-0.05, 0) is 35.4 Å². The van der Waals surface area contributed by atoms with Crippen LogP contribution in [0.2, 0.25) is 0 Å². The Morgan fingerprint density at radius 3 is 1.67 bits per heavy atom. The maximum atomic E-state index is 11.0. The van der Waals surface area contributed by atoms with Gasteiger partial charge in [0.25, 0.3) is 0 Å². The topological polar surface area (TPSA) is 65.0 Å². The molecule has 3 aromatic rings. The summed E-state index contributed by atoms with van der Waals surface area (Å²) in [5, 5.41) is 8.99. The molecule has 3 rings (SSSR count). The Labute approximate surface area is 159 Å². The van der Waals surface area contributed by atoms with Gasteiger partial charge in [-0.25, -0.2) is 4.79 Å². The van der Waals surface area contributed by atoms with E-state index in [1.807, 2.05) is 60.7 Å². The van der Waals surface area contributed by atoms with E-state index < -0.39 is 14.6 Å². The van der Waals surface area contributed by atoms with Crippen LogP contribution in [0, 0.1) is 0 Å². The zero-order valence-corrected chi connectivity index (χ0v) is 15.4. The number of rotatable bonds is 9. The molecule has 0 bridgehead atoms. The summed E-state index contributed by atoms with van der Waals surface area (Å²) in [6, 6.07) is 25.7. The van der Waals surface area contributed by atoms with Crippen LogP contribution in [0.1, 0.15) is 21.5 Å². The van der Waals surface area contributed by atoms with Gasteiger partial charge in [-0.3, -0.25) is 9.05 Å². The Morgan fingerprint density at radius 1 is 0.741 bits per heavy atom. The third-order valence-corrected chi connectivity index (χ3v) is 4.68. The van der Waals surface area contributed by atoms with Crippen molar-refractivity contribution in [2.24, 2.45) is 0 Å². The number of carbonyl (C=O) groups is 1. The van der Waals surface area contributed by atoms with Crippen molar-refractivity contribution >= 4 is 14.6 Å². The Kier molecular flexibility index (Phi) is 6.94. The smallest absolute Gasteiger partial charge is 0.397 e. The molecule has 138 valence electrons. The van der Waals surface area contributed by atoms with Crippen LogP contribution < -0.4 is 4.52 Å². The van der Waals surface area contributed by atoms with Crippen LogP contribution in [-0.4, -0.2) is 11.1 Å². The van der Waals surface area contributed by atoms with Crippen molar-refractivity contribution in [1.29, 1.82) is 0 Å². The minimum Gasteiger partial charge on any atom is -0.478 e. The molecule has 0 aliphatic carbocycles. The first-order valence-electron chi connectivity index (χ1n) is 8.36. The fraction of sp³-hybridized carbons (Fsp3) is 0.0952. The Balaban J connectivity index is 1.64. The predicted octanol–water partition coefficient (Wildman–Crippen LogP) is 5.42. The number of hydrogen-bond donors (Lipinski definition) is 1. The van der Waals surface area contributed by atoms with Gasteiger partial charge in [-0.15, -0.1) is 0 Å². The molecule has 3 aromatic carbocycles. The molecule has 0 unspecified atom stereocenters. The van der Waals surface area contributed by atoms with Gasteiger partial charge in [0.15, 0.2) is 0 Å². The third-order valence-electron chi connectivity index (χ3n) is 3.64. The van der Waals surface area contributed by atoms with Gasteiger partial charge in [0.1, 0.15) is 5.75 Å². The summed E-state index contributed by atoms with van der Waals surface area (Å²) < 4.78 is 17.5. The molecule has 27 heavy (non-hydrogen) atoms. The molecule has 0 heterocycles. The standard InChI is InChI=1S/C21H19O5P/c22-21(23)19-11-13-20(14-12-19)26-27(24-15-17-7-3-1-4-8-17)25-16-18-9-5-2-6-10-18/h1-14H,15-16H2,(H,22,23). The Morgan fingerprint density at radius 2 is 1.22 bits per heavy atom. The van der Waals surface area contributed by atoms with Crippen molar-refractivity contribution in [1.82, 2.24) is 0 Å². The lowest BCUT2D eigenvalue weighted by Gasteiger charge is -2.17. The zero-order valence-electron chi connectivity index (χ0n) is 14.5. The van der Waals surface area contributed by atoms with Crippen molar-refractivity contribution in [2.45, 2.75) is 13.2 Å². The number of carboxylic acids is 1. The maximum absolute atomic E-state index is 11.0. The molecule has 0 aliphatic rings. The van der Waals surface area contributed by atoms with E-state index in [4.69, 9.17) is 18.7 Å². The molecule has 0 saturated carbocycles. The quantitative estimate of drug-likeness (QED) is 0.500. The second-order valence-corrected chi connectivity index (χ2v) is 6.81. The van der Waals surface area contributed by atoms with Gasteiger partial charge < -0.3 is 9.63 Å². The van der Waals surface area contributed by atoms with Crippen LogP contribution in [0.25, 0.3) is 0 Å². The highest BCUT2D eigenvalue weighted by Crippen LogP contribution is 2.42. The minimum atomic E-state index is -1.66. The van der Waals surface area contributed by atoms with E-state index in [1.54, 1.807) is 12.1 Å². The summed E-state index contributed by atoms with van der Waals surface area (Å²) in [5.41, 5.74) is 2.22. The average molecular weight is 382 g/mol. The molecule has 0 atom stereocenters. The molecule has 0 aromatic heterocycles. The summed E-state index contributed by atoms with van der Waals surface area (Å²) in [4.78, 5) is 11.0. The average Bonchev–Trinajstić information content (AvgIpc) is 2.72. The largest absolute Gasteiger partial charge is 0.478 e. The lowest BCUT2D eigenvalue weighted by Crippen LogP contribution is -2.00. The summed E-state index contributed by atoms with van der Waals surface area (Å²) in [6.07, 6.45) is 0.